The van der Waals surface area contributed by atoms with Crippen LogP contribution in [0.4, 0.5) is 0 Å². The fourth-order valence-electron chi connectivity index (χ4n) is 0.637. The molecule has 1 aromatic heterocycles. The van der Waals surface area contributed by atoms with Crippen molar-refractivity contribution in [2.45, 2.75) is 6.92 Å². The number of carbonyl (C=O) groups is 1. The first-order chi connectivity index (χ1) is 4.72. The summed E-state index contributed by atoms with van der Waals surface area (Å²) in [5, 5.41) is 0. The summed E-state index contributed by atoms with van der Waals surface area (Å²) in [5.74, 6) is 0.0278. The first-order valence-electron chi connectivity index (χ1n) is 2.82. The first kappa shape index (κ1) is 7.41. The summed E-state index contributed by atoms with van der Waals surface area (Å²) in [5.41, 5.74) is 0.627. The number of pyridine rings is 1. The standard InChI is InChI=1S/C7H6BrNO/c1-5(10)6-4-9-3-2-7(6)8/h2-4H,1H3. The Kier molecular flexibility index (Phi) is 2.17. The van der Waals surface area contributed by atoms with Crippen LogP contribution in [0.3, 0.4) is 0 Å². The van der Waals surface area contributed by atoms with Crippen LogP contribution < -0.4 is 0 Å². The molecule has 0 aliphatic heterocycles. The second-order valence-electron chi connectivity index (χ2n) is 1.91. The van der Waals surface area contributed by atoms with E-state index in [1.165, 1.54) is 6.92 Å². The van der Waals surface area contributed by atoms with Crippen molar-refractivity contribution in [1.82, 2.24) is 4.98 Å². The van der Waals surface area contributed by atoms with Crippen molar-refractivity contribution in [1.29, 1.82) is 0 Å². The number of ketones is 1. The minimum Gasteiger partial charge on any atom is -0.294 e. The molecule has 0 aromatic carbocycles. The van der Waals surface area contributed by atoms with E-state index in [1.807, 2.05) is 0 Å². The average Bonchev–Trinajstić information content (AvgIpc) is 1.88. The lowest BCUT2D eigenvalue weighted by molar-refractivity contribution is 0.101. The van der Waals surface area contributed by atoms with Gasteiger partial charge in [-0.15, -0.1) is 0 Å². The molecule has 1 aromatic rings. The molecular weight excluding hydrogens is 194 g/mol. The van der Waals surface area contributed by atoms with Crippen molar-refractivity contribution < 1.29 is 4.79 Å². The Morgan fingerprint density at radius 2 is 2.40 bits per heavy atom. The number of hydrogen-bond donors (Lipinski definition) is 0. The Morgan fingerprint density at radius 1 is 1.70 bits per heavy atom. The molecule has 52 valence electrons. The van der Waals surface area contributed by atoms with Crippen molar-refractivity contribution in [2.75, 3.05) is 0 Å². The highest BCUT2D eigenvalue weighted by molar-refractivity contribution is 9.10. The van der Waals surface area contributed by atoms with Crippen LogP contribution in [0.25, 0.3) is 0 Å². The van der Waals surface area contributed by atoms with Gasteiger partial charge >= 0.3 is 0 Å². The van der Waals surface area contributed by atoms with Gasteiger partial charge in [0.1, 0.15) is 0 Å². The van der Waals surface area contributed by atoms with Gasteiger partial charge in [0.15, 0.2) is 5.78 Å². The molecule has 10 heavy (non-hydrogen) atoms. The van der Waals surface area contributed by atoms with E-state index in [0.29, 0.717) is 5.56 Å². The van der Waals surface area contributed by atoms with E-state index in [9.17, 15) is 4.79 Å². The summed E-state index contributed by atoms with van der Waals surface area (Å²) in [6, 6.07) is 1.75. The molecule has 1 heterocycles. The Bertz CT molecular complexity index is 260. The summed E-state index contributed by atoms with van der Waals surface area (Å²) in [6.45, 7) is 1.52. The lowest BCUT2D eigenvalue weighted by Crippen LogP contribution is -1.93. The van der Waals surface area contributed by atoms with Crippen LogP contribution in [-0.4, -0.2) is 10.8 Å². The van der Waals surface area contributed by atoms with Crippen LogP contribution in [0.1, 0.15) is 17.3 Å². The van der Waals surface area contributed by atoms with Gasteiger partial charge in [0.05, 0.1) is 0 Å². The summed E-state index contributed by atoms with van der Waals surface area (Å²) in [6.07, 6.45) is 3.18. The van der Waals surface area contributed by atoms with E-state index < -0.39 is 0 Å². The molecule has 0 radical (unpaired) electrons. The van der Waals surface area contributed by atoms with Crippen molar-refractivity contribution in [3.8, 4) is 0 Å². The number of halogens is 1. The molecule has 0 saturated carbocycles. The van der Waals surface area contributed by atoms with E-state index in [2.05, 4.69) is 20.9 Å². The van der Waals surface area contributed by atoms with Gasteiger partial charge in [0.25, 0.3) is 0 Å². The predicted octanol–water partition coefficient (Wildman–Crippen LogP) is 2.05. The van der Waals surface area contributed by atoms with Gasteiger partial charge in [-0.05, 0) is 28.9 Å². The van der Waals surface area contributed by atoms with Gasteiger partial charge in [0, 0.05) is 22.4 Å². The minimum absolute atomic E-state index is 0.0278. The highest BCUT2D eigenvalue weighted by atomic mass is 79.9. The number of nitrogens with zero attached hydrogens (tertiary/aromatic N) is 1. The Morgan fingerprint density at radius 3 is 2.80 bits per heavy atom. The summed E-state index contributed by atoms with van der Waals surface area (Å²) >= 11 is 3.24. The molecule has 1 rings (SSSR count). The van der Waals surface area contributed by atoms with Crippen LogP contribution >= 0.6 is 15.9 Å². The van der Waals surface area contributed by atoms with Crippen LogP contribution in [-0.2, 0) is 0 Å². The van der Waals surface area contributed by atoms with E-state index >= 15 is 0 Å². The van der Waals surface area contributed by atoms with E-state index in [-0.39, 0.29) is 5.78 Å². The third-order valence-corrected chi connectivity index (χ3v) is 1.84. The number of aromatic nitrogens is 1. The van der Waals surface area contributed by atoms with Crippen molar-refractivity contribution >= 4 is 21.7 Å². The molecule has 0 amide bonds. The molecule has 3 heteroatoms. The molecule has 0 spiro atoms. The van der Waals surface area contributed by atoms with Gasteiger partial charge in [0.2, 0.25) is 0 Å². The zero-order valence-corrected chi connectivity index (χ0v) is 7.05. The zero-order chi connectivity index (χ0) is 7.56. The van der Waals surface area contributed by atoms with Crippen LogP contribution in [0.5, 0.6) is 0 Å². The summed E-state index contributed by atoms with van der Waals surface area (Å²) in [7, 11) is 0. The monoisotopic (exact) mass is 199 g/mol. The SMILES string of the molecule is CC(=O)c1cnccc1Br. The molecular formula is C7H6BrNO. The Hall–Kier alpha value is -0.700. The number of carbonyl (C=O) groups excluding carboxylic acids is 1. The predicted molar refractivity (Wildman–Crippen MR) is 41.9 cm³/mol. The van der Waals surface area contributed by atoms with Crippen LogP contribution in [0.2, 0.25) is 0 Å². The maximum absolute atomic E-state index is 10.8. The molecule has 0 fully saturated rings. The maximum atomic E-state index is 10.8. The molecule has 0 N–H and O–H groups in total. The summed E-state index contributed by atoms with van der Waals surface area (Å²) < 4.78 is 0.801. The van der Waals surface area contributed by atoms with E-state index in [0.717, 1.165) is 4.47 Å². The lowest BCUT2D eigenvalue weighted by Gasteiger charge is -1.95. The highest BCUT2D eigenvalue weighted by Gasteiger charge is 2.02. The highest BCUT2D eigenvalue weighted by Crippen LogP contribution is 2.14. The second-order valence-corrected chi connectivity index (χ2v) is 2.77. The van der Waals surface area contributed by atoms with Crippen molar-refractivity contribution in [2.24, 2.45) is 0 Å². The zero-order valence-electron chi connectivity index (χ0n) is 5.47. The lowest BCUT2D eigenvalue weighted by atomic mass is 10.2. The molecule has 0 aliphatic rings. The van der Waals surface area contributed by atoms with Gasteiger partial charge in [-0.2, -0.15) is 0 Å². The Balaban J connectivity index is 3.15. The van der Waals surface area contributed by atoms with Crippen molar-refractivity contribution in [3.63, 3.8) is 0 Å². The molecule has 0 saturated heterocycles. The Labute approximate surface area is 67.4 Å². The maximum Gasteiger partial charge on any atom is 0.162 e. The van der Waals surface area contributed by atoms with Crippen LogP contribution in [0, 0.1) is 0 Å². The smallest absolute Gasteiger partial charge is 0.162 e. The number of Topliss-reactive ketones (excluding diaryl/α,β-unsaturated/α-hetero) is 1. The second kappa shape index (κ2) is 2.92. The molecule has 2 nitrogen and oxygen atoms in total. The average molecular weight is 200 g/mol. The summed E-state index contributed by atoms with van der Waals surface area (Å²) in [4.78, 5) is 14.6. The molecule has 0 bridgehead atoms. The third-order valence-electron chi connectivity index (χ3n) is 1.15. The normalized spacial score (nSPS) is 9.40. The fraction of sp³-hybridized carbons (Fsp3) is 0.143. The largest absolute Gasteiger partial charge is 0.294 e. The fourth-order valence-corrected chi connectivity index (χ4v) is 1.14. The van der Waals surface area contributed by atoms with E-state index in [1.54, 1.807) is 18.5 Å². The quantitative estimate of drug-likeness (QED) is 0.649. The van der Waals surface area contributed by atoms with Crippen molar-refractivity contribution in [3.05, 3.63) is 28.5 Å². The van der Waals surface area contributed by atoms with Gasteiger partial charge < -0.3 is 0 Å². The topological polar surface area (TPSA) is 30.0 Å². The minimum atomic E-state index is 0.0278. The van der Waals surface area contributed by atoms with Gasteiger partial charge in [-0.3, -0.25) is 9.78 Å². The molecule has 0 atom stereocenters. The third kappa shape index (κ3) is 1.42. The van der Waals surface area contributed by atoms with E-state index in [4.69, 9.17) is 0 Å². The van der Waals surface area contributed by atoms with Gasteiger partial charge in [-0.1, -0.05) is 0 Å². The van der Waals surface area contributed by atoms with Gasteiger partial charge in [-0.25, -0.2) is 0 Å². The number of hydrogen-bond acceptors (Lipinski definition) is 2. The first-order valence-corrected chi connectivity index (χ1v) is 3.61. The van der Waals surface area contributed by atoms with Crippen LogP contribution in [0.15, 0.2) is 22.9 Å². The number of rotatable bonds is 1. The molecule has 0 aliphatic carbocycles. The molecule has 0 unspecified atom stereocenters.